The summed E-state index contributed by atoms with van der Waals surface area (Å²) in [6.45, 7) is 4.59. The highest BCUT2D eigenvalue weighted by atomic mass is 35.5. The first kappa shape index (κ1) is 16.2. The van der Waals surface area contributed by atoms with Crippen LogP contribution in [0, 0.1) is 13.8 Å². The summed E-state index contributed by atoms with van der Waals surface area (Å²) in [5.74, 6) is 1.33. The van der Waals surface area contributed by atoms with Gasteiger partial charge in [-0.15, -0.1) is 0 Å². The zero-order chi connectivity index (χ0) is 16.9. The topological polar surface area (TPSA) is 62.7 Å². The lowest BCUT2D eigenvalue weighted by atomic mass is 10.2. The van der Waals surface area contributed by atoms with Crippen molar-refractivity contribution < 1.29 is 0 Å². The fourth-order valence-corrected chi connectivity index (χ4v) is 2.53. The molecule has 0 saturated carbocycles. The summed E-state index contributed by atoms with van der Waals surface area (Å²) in [6, 6.07) is 11.5. The van der Waals surface area contributed by atoms with E-state index in [4.69, 9.17) is 11.6 Å². The molecular weight excluding hydrogens is 322 g/mol. The lowest BCUT2D eigenvalue weighted by Gasteiger charge is -2.12. The summed E-state index contributed by atoms with van der Waals surface area (Å²) in [4.78, 5) is 13.0. The number of aromatic nitrogens is 3. The summed E-state index contributed by atoms with van der Waals surface area (Å²) in [5.41, 5.74) is 4.04. The molecule has 24 heavy (non-hydrogen) atoms. The fraction of sp³-hybridized carbons (Fsp3) is 0.167. The number of hydrogen-bond acceptors (Lipinski definition) is 5. The van der Waals surface area contributed by atoms with Crippen LogP contribution >= 0.6 is 11.6 Å². The third-order valence-electron chi connectivity index (χ3n) is 3.51. The molecule has 0 radical (unpaired) electrons. The molecule has 5 nitrogen and oxygen atoms in total. The number of hydrogen-bond donors (Lipinski definition) is 2. The number of rotatable bonds is 5. The van der Waals surface area contributed by atoms with Crippen LogP contribution in [0.3, 0.4) is 0 Å². The van der Waals surface area contributed by atoms with Crippen LogP contribution in [0.25, 0.3) is 0 Å². The average Bonchev–Trinajstić information content (AvgIpc) is 2.56. The SMILES string of the molecule is Cc1cc(Nc2ccc(Cl)cc2C)nc(NCc2ccncc2)n1. The predicted molar refractivity (Wildman–Crippen MR) is 97.8 cm³/mol. The monoisotopic (exact) mass is 339 g/mol. The van der Waals surface area contributed by atoms with E-state index in [1.54, 1.807) is 12.4 Å². The first-order chi connectivity index (χ1) is 11.6. The van der Waals surface area contributed by atoms with Crippen molar-refractivity contribution in [1.29, 1.82) is 0 Å². The maximum atomic E-state index is 6.00. The molecular formula is C18H18ClN5. The molecule has 0 fully saturated rings. The van der Waals surface area contributed by atoms with Gasteiger partial charge >= 0.3 is 0 Å². The number of aryl methyl sites for hydroxylation is 2. The summed E-state index contributed by atoms with van der Waals surface area (Å²) in [5, 5.41) is 7.28. The Hall–Kier alpha value is -2.66. The summed E-state index contributed by atoms with van der Waals surface area (Å²) >= 11 is 6.00. The molecule has 0 aliphatic carbocycles. The molecule has 2 N–H and O–H groups in total. The van der Waals surface area contributed by atoms with Crippen LogP contribution in [0.1, 0.15) is 16.8 Å². The van der Waals surface area contributed by atoms with E-state index in [-0.39, 0.29) is 0 Å². The van der Waals surface area contributed by atoms with Gasteiger partial charge in [0.2, 0.25) is 5.95 Å². The van der Waals surface area contributed by atoms with Crippen LogP contribution in [0.15, 0.2) is 48.8 Å². The molecule has 0 amide bonds. The van der Waals surface area contributed by atoms with Crippen LogP contribution in [-0.4, -0.2) is 15.0 Å². The Morgan fingerprint density at radius 3 is 2.54 bits per heavy atom. The molecule has 122 valence electrons. The molecule has 0 spiro atoms. The minimum Gasteiger partial charge on any atom is -0.350 e. The molecule has 1 aromatic carbocycles. The lowest BCUT2D eigenvalue weighted by Crippen LogP contribution is -2.06. The number of benzene rings is 1. The van der Waals surface area contributed by atoms with E-state index in [0.29, 0.717) is 12.5 Å². The van der Waals surface area contributed by atoms with E-state index in [9.17, 15) is 0 Å². The largest absolute Gasteiger partial charge is 0.350 e. The van der Waals surface area contributed by atoms with E-state index in [1.807, 2.05) is 50.2 Å². The smallest absolute Gasteiger partial charge is 0.225 e. The Labute approximate surface area is 146 Å². The van der Waals surface area contributed by atoms with Crippen LogP contribution in [-0.2, 0) is 6.54 Å². The van der Waals surface area contributed by atoms with Crippen LogP contribution < -0.4 is 10.6 Å². The van der Waals surface area contributed by atoms with Gasteiger partial charge in [-0.1, -0.05) is 11.6 Å². The Kier molecular flexibility index (Phi) is 4.91. The van der Waals surface area contributed by atoms with Gasteiger partial charge in [0.1, 0.15) is 5.82 Å². The van der Waals surface area contributed by atoms with Crippen molar-refractivity contribution in [2.24, 2.45) is 0 Å². The molecule has 0 aliphatic heterocycles. The minimum absolute atomic E-state index is 0.584. The maximum absolute atomic E-state index is 6.00. The predicted octanol–water partition coefficient (Wildman–Crippen LogP) is 4.50. The van der Waals surface area contributed by atoms with Crippen molar-refractivity contribution in [3.8, 4) is 0 Å². The van der Waals surface area contributed by atoms with Crippen molar-refractivity contribution in [3.63, 3.8) is 0 Å². The van der Waals surface area contributed by atoms with Crippen molar-refractivity contribution in [3.05, 3.63) is 70.6 Å². The molecule has 3 rings (SSSR count). The first-order valence-corrected chi connectivity index (χ1v) is 7.99. The van der Waals surface area contributed by atoms with E-state index >= 15 is 0 Å². The molecule has 0 unspecified atom stereocenters. The van der Waals surface area contributed by atoms with Crippen molar-refractivity contribution >= 4 is 29.1 Å². The van der Waals surface area contributed by atoms with Gasteiger partial charge in [0.25, 0.3) is 0 Å². The number of nitrogens with zero attached hydrogens (tertiary/aromatic N) is 3. The Bertz CT molecular complexity index is 836. The van der Waals surface area contributed by atoms with Crippen molar-refractivity contribution in [2.45, 2.75) is 20.4 Å². The van der Waals surface area contributed by atoms with Crippen LogP contribution in [0.5, 0.6) is 0 Å². The highest BCUT2D eigenvalue weighted by Gasteiger charge is 2.05. The Morgan fingerprint density at radius 1 is 1.00 bits per heavy atom. The molecule has 0 aliphatic rings. The Morgan fingerprint density at radius 2 is 1.79 bits per heavy atom. The zero-order valence-corrected chi connectivity index (χ0v) is 14.3. The van der Waals surface area contributed by atoms with Crippen molar-refractivity contribution in [2.75, 3.05) is 10.6 Å². The molecule has 6 heteroatoms. The Balaban J connectivity index is 1.76. The summed E-state index contributed by atoms with van der Waals surface area (Å²) < 4.78 is 0. The third-order valence-corrected chi connectivity index (χ3v) is 3.74. The maximum Gasteiger partial charge on any atom is 0.225 e. The summed E-state index contributed by atoms with van der Waals surface area (Å²) in [6.07, 6.45) is 3.54. The van der Waals surface area contributed by atoms with Gasteiger partial charge in [-0.25, -0.2) is 4.98 Å². The normalized spacial score (nSPS) is 10.5. The molecule has 2 heterocycles. The van der Waals surface area contributed by atoms with Gasteiger partial charge in [-0.3, -0.25) is 4.98 Å². The second-order valence-corrected chi connectivity index (χ2v) is 5.95. The van der Waals surface area contributed by atoms with Gasteiger partial charge in [0, 0.05) is 41.4 Å². The third kappa shape index (κ3) is 4.20. The average molecular weight is 340 g/mol. The zero-order valence-electron chi connectivity index (χ0n) is 13.5. The number of anilines is 3. The standard InChI is InChI=1S/C18H18ClN5/c1-12-9-15(19)3-4-16(12)23-17-10-13(2)22-18(24-17)21-11-14-5-7-20-8-6-14/h3-10H,11H2,1-2H3,(H2,21,22,23,24). The van der Waals surface area contributed by atoms with Crippen molar-refractivity contribution in [1.82, 2.24) is 15.0 Å². The highest BCUT2D eigenvalue weighted by Crippen LogP contribution is 2.23. The molecule has 3 aromatic rings. The quantitative estimate of drug-likeness (QED) is 0.716. The summed E-state index contributed by atoms with van der Waals surface area (Å²) in [7, 11) is 0. The first-order valence-electron chi connectivity index (χ1n) is 7.62. The van der Waals surface area contributed by atoms with Gasteiger partial charge in [0.05, 0.1) is 0 Å². The van der Waals surface area contributed by atoms with Gasteiger partial charge in [-0.2, -0.15) is 4.98 Å². The van der Waals surface area contributed by atoms with Gasteiger partial charge < -0.3 is 10.6 Å². The van der Waals surface area contributed by atoms with Crippen LogP contribution in [0.4, 0.5) is 17.5 Å². The minimum atomic E-state index is 0.584. The molecule has 0 saturated heterocycles. The van der Waals surface area contributed by atoms with E-state index in [0.717, 1.165) is 33.3 Å². The number of pyridine rings is 1. The van der Waals surface area contributed by atoms with Crippen LogP contribution in [0.2, 0.25) is 5.02 Å². The van der Waals surface area contributed by atoms with Gasteiger partial charge in [0.15, 0.2) is 0 Å². The highest BCUT2D eigenvalue weighted by molar-refractivity contribution is 6.30. The number of halogens is 1. The molecule has 0 atom stereocenters. The van der Waals surface area contributed by atoms with E-state index < -0.39 is 0 Å². The second-order valence-electron chi connectivity index (χ2n) is 5.51. The van der Waals surface area contributed by atoms with E-state index in [2.05, 4.69) is 25.6 Å². The van der Waals surface area contributed by atoms with Gasteiger partial charge in [-0.05, 0) is 55.3 Å². The molecule has 0 bridgehead atoms. The fourth-order valence-electron chi connectivity index (χ4n) is 2.30. The number of nitrogens with one attached hydrogen (secondary N) is 2. The second kappa shape index (κ2) is 7.27. The molecule has 2 aromatic heterocycles. The lowest BCUT2D eigenvalue weighted by molar-refractivity contribution is 1.03. The van der Waals surface area contributed by atoms with E-state index in [1.165, 1.54) is 0 Å².